The van der Waals surface area contributed by atoms with Gasteiger partial charge in [-0.1, -0.05) is 0 Å². The van der Waals surface area contributed by atoms with Crippen LogP contribution in [0.2, 0.25) is 0 Å². The molecule has 0 fully saturated rings. The third kappa shape index (κ3) is 7.64. The molecule has 0 aromatic heterocycles. The topological polar surface area (TPSA) is 61.4 Å². The number of rotatable bonds is 6. The third-order valence-electron chi connectivity index (χ3n) is 1.01. The van der Waals surface area contributed by atoms with Crippen LogP contribution in [0.3, 0.4) is 0 Å². The van der Waals surface area contributed by atoms with Gasteiger partial charge in [-0.25, -0.2) is 0 Å². The van der Waals surface area contributed by atoms with E-state index < -0.39 is 0 Å². The van der Waals surface area contributed by atoms with Gasteiger partial charge in [-0.2, -0.15) is 12.6 Å². The van der Waals surface area contributed by atoms with Gasteiger partial charge in [0.1, 0.15) is 0 Å². The molecule has 0 saturated carbocycles. The highest BCUT2D eigenvalue weighted by atomic mass is 32.1. The number of carbonyl (C=O) groups is 1. The lowest BCUT2D eigenvalue weighted by Crippen LogP contribution is -2.35. The fourth-order valence-corrected chi connectivity index (χ4v) is 0.697. The summed E-state index contributed by atoms with van der Waals surface area (Å²) in [5.74, 6) is 0.619. The minimum atomic E-state index is -0.0965. The Labute approximate surface area is 71.8 Å². The van der Waals surface area contributed by atoms with Gasteiger partial charge in [-0.15, -0.1) is 0 Å². The summed E-state index contributed by atoms with van der Waals surface area (Å²) in [5, 5.41) is 13.7. The highest BCUT2D eigenvalue weighted by Gasteiger charge is 1.96. The first-order valence-corrected chi connectivity index (χ1v) is 4.13. The molecule has 11 heavy (non-hydrogen) atoms. The van der Waals surface area contributed by atoms with Gasteiger partial charge in [-0.05, 0) is 0 Å². The SMILES string of the molecule is O=C(CNCCS)NCCO. The summed E-state index contributed by atoms with van der Waals surface area (Å²) in [5.41, 5.74) is 0. The third-order valence-corrected chi connectivity index (χ3v) is 1.23. The largest absolute Gasteiger partial charge is 0.395 e. The van der Waals surface area contributed by atoms with Crippen LogP contribution in [0.5, 0.6) is 0 Å². The van der Waals surface area contributed by atoms with Gasteiger partial charge < -0.3 is 15.7 Å². The Kier molecular flexibility index (Phi) is 7.66. The summed E-state index contributed by atoms with van der Waals surface area (Å²) in [4.78, 5) is 10.8. The molecule has 4 nitrogen and oxygen atoms in total. The van der Waals surface area contributed by atoms with Crippen molar-refractivity contribution in [1.29, 1.82) is 0 Å². The molecule has 0 spiro atoms. The van der Waals surface area contributed by atoms with Crippen molar-refractivity contribution in [1.82, 2.24) is 10.6 Å². The second-order valence-electron chi connectivity index (χ2n) is 1.97. The van der Waals surface area contributed by atoms with E-state index in [9.17, 15) is 4.79 Å². The van der Waals surface area contributed by atoms with Crippen LogP contribution in [0, 0.1) is 0 Å². The van der Waals surface area contributed by atoms with Crippen LogP contribution in [0.1, 0.15) is 0 Å². The van der Waals surface area contributed by atoms with E-state index in [1.165, 1.54) is 0 Å². The summed E-state index contributed by atoms with van der Waals surface area (Å²) in [6.45, 7) is 1.32. The van der Waals surface area contributed by atoms with Gasteiger partial charge in [0.05, 0.1) is 13.2 Å². The summed E-state index contributed by atoms with van der Waals surface area (Å²) >= 11 is 3.96. The van der Waals surface area contributed by atoms with E-state index in [2.05, 4.69) is 23.3 Å². The number of carbonyl (C=O) groups excluding carboxylic acids is 1. The molecule has 0 unspecified atom stereocenters. The maximum Gasteiger partial charge on any atom is 0.234 e. The molecule has 0 aromatic carbocycles. The molecule has 0 saturated heterocycles. The van der Waals surface area contributed by atoms with Crippen LogP contribution in [-0.4, -0.2) is 43.0 Å². The fraction of sp³-hybridized carbons (Fsp3) is 0.833. The second-order valence-corrected chi connectivity index (χ2v) is 2.42. The minimum Gasteiger partial charge on any atom is -0.395 e. The quantitative estimate of drug-likeness (QED) is 0.299. The minimum absolute atomic E-state index is 0.0156. The lowest BCUT2D eigenvalue weighted by atomic mass is 10.5. The van der Waals surface area contributed by atoms with Crippen molar-refractivity contribution in [3.05, 3.63) is 0 Å². The Morgan fingerprint density at radius 2 is 2.18 bits per heavy atom. The molecule has 0 aromatic rings. The summed E-state index contributed by atoms with van der Waals surface area (Å²) < 4.78 is 0. The van der Waals surface area contributed by atoms with E-state index in [-0.39, 0.29) is 12.5 Å². The zero-order valence-corrected chi connectivity index (χ0v) is 7.23. The van der Waals surface area contributed by atoms with Crippen molar-refractivity contribution < 1.29 is 9.90 Å². The summed E-state index contributed by atoms with van der Waals surface area (Å²) in [6.07, 6.45) is 0. The maximum atomic E-state index is 10.8. The standard InChI is InChI=1S/C6H14N2O2S/c9-3-1-8-6(10)5-7-2-4-11/h7,9,11H,1-5H2,(H,8,10). The average molecular weight is 178 g/mol. The van der Waals surface area contributed by atoms with Crippen LogP contribution in [0.25, 0.3) is 0 Å². The monoisotopic (exact) mass is 178 g/mol. The first-order valence-electron chi connectivity index (χ1n) is 3.50. The summed E-state index contributed by atoms with van der Waals surface area (Å²) in [6, 6.07) is 0. The van der Waals surface area contributed by atoms with Crippen molar-refractivity contribution in [2.75, 3.05) is 32.0 Å². The zero-order chi connectivity index (χ0) is 8.53. The smallest absolute Gasteiger partial charge is 0.234 e. The lowest BCUT2D eigenvalue weighted by molar-refractivity contribution is -0.120. The Morgan fingerprint density at radius 3 is 2.73 bits per heavy atom. The Bertz CT molecular complexity index is 111. The van der Waals surface area contributed by atoms with Crippen molar-refractivity contribution >= 4 is 18.5 Å². The molecule has 0 rings (SSSR count). The molecular weight excluding hydrogens is 164 g/mol. The van der Waals surface area contributed by atoms with E-state index in [4.69, 9.17) is 5.11 Å². The number of nitrogens with one attached hydrogen (secondary N) is 2. The molecule has 0 atom stereocenters. The normalized spacial score (nSPS) is 9.64. The second kappa shape index (κ2) is 7.84. The molecule has 0 aliphatic carbocycles. The predicted molar refractivity (Wildman–Crippen MR) is 46.8 cm³/mol. The highest BCUT2D eigenvalue weighted by molar-refractivity contribution is 7.80. The van der Waals surface area contributed by atoms with Crippen molar-refractivity contribution in [2.45, 2.75) is 0 Å². The van der Waals surface area contributed by atoms with Gasteiger partial charge in [0.25, 0.3) is 0 Å². The number of hydrogen-bond acceptors (Lipinski definition) is 4. The van der Waals surface area contributed by atoms with Crippen LogP contribution in [-0.2, 0) is 4.79 Å². The van der Waals surface area contributed by atoms with Gasteiger partial charge in [0, 0.05) is 18.8 Å². The van der Waals surface area contributed by atoms with E-state index in [0.29, 0.717) is 18.8 Å². The van der Waals surface area contributed by atoms with E-state index in [1.807, 2.05) is 0 Å². The van der Waals surface area contributed by atoms with Gasteiger partial charge >= 0.3 is 0 Å². The van der Waals surface area contributed by atoms with Gasteiger partial charge in [-0.3, -0.25) is 4.79 Å². The molecule has 0 aliphatic heterocycles. The Hall–Kier alpha value is -0.260. The van der Waals surface area contributed by atoms with Crippen LogP contribution in [0.15, 0.2) is 0 Å². The van der Waals surface area contributed by atoms with E-state index in [1.54, 1.807) is 0 Å². The molecular formula is C6H14N2O2S. The number of hydrogen-bond donors (Lipinski definition) is 4. The Morgan fingerprint density at radius 1 is 1.45 bits per heavy atom. The zero-order valence-electron chi connectivity index (χ0n) is 6.34. The summed E-state index contributed by atoms with van der Waals surface area (Å²) in [7, 11) is 0. The number of aliphatic hydroxyl groups is 1. The van der Waals surface area contributed by atoms with Crippen molar-refractivity contribution in [3.8, 4) is 0 Å². The molecule has 0 radical (unpaired) electrons. The van der Waals surface area contributed by atoms with Crippen molar-refractivity contribution in [2.24, 2.45) is 0 Å². The lowest BCUT2D eigenvalue weighted by Gasteiger charge is -2.02. The first kappa shape index (κ1) is 10.7. The number of thiol groups is 1. The van der Waals surface area contributed by atoms with Gasteiger partial charge in [0.15, 0.2) is 0 Å². The van der Waals surface area contributed by atoms with E-state index in [0.717, 1.165) is 6.54 Å². The van der Waals surface area contributed by atoms with Crippen LogP contribution in [0.4, 0.5) is 0 Å². The first-order chi connectivity index (χ1) is 5.31. The average Bonchev–Trinajstić information content (AvgIpc) is 2.01. The molecule has 0 aliphatic rings. The predicted octanol–water partition coefficient (Wildman–Crippen LogP) is -1.39. The molecule has 0 bridgehead atoms. The molecule has 1 amide bonds. The molecule has 0 heterocycles. The molecule has 66 valence electrons. The van der Waals surface area contributed by atoms with Crippen LogP contribution >= 0.6 is 12.6 Å². The van der Waals surface area contributed by atoms with Gasteiger partial charge in [0.2, 0.25) is 5.91 Å². The Balaban J connectivity index is 3.09. The molecule has 5 heteroatoms. The number of aliphatic hydroxyl groups excluding tert-OH is 1. The maximum absolute atomic E-state index is 10.8. The highest BCUT2D eigenvalue weighted by Crippen LogP contribution is 1.68. The van der Waals surface area contributed by atoms with E-state index >= 15 is 0 Å². The molecule has 3 N–H and O–H groups in total. The fourth-order valence-electron chi connectivity index (χ4n) is 0.539. The number of amides is 1. The van der Waals surface area contributed by atoms with Crippen LogP contribution < -0.4 is 10.6 Å². The van der Waals surface area contributed by atoms with Crippen molar-refractivity contribution in [3.63, 3.8) is 0 Å².